The van der Waals surface area contributed by atoms with Crippen LogP contribution in [0.25, 0.3) is 0 Å². The van der Waals surface area contributed by atoms with Gasteiger partial charge >= 0.3 is 0 Å². The summed E-state index contributed by atoms with van der Waals surface area (Å²) in [6.07, 6.45) is 5.78. The fourth-order valence-corrected chi connectivity index (χ4v) is 1.90. The van der Waals surface area contributed by atoms with Gasteiger partial charge in [-0.25, -0.2) is 0 Å². The van der Waals surface area contributed by atoms with E-state index in [1.807, 2.05) is 6.26 Å². The zero-order valence-corrected chi connectivity index (χ0v) is 11.6. The molecule has 0 aromatic carbocycles. The highest BCUT2D eigenvalue weighted by atomic mass is 32.2. The molecule has 2 N–H and O–H groups in total. The first-order valence-corrected chi connectivity index (χ1v) is 6.52. The molecule has 0 saturated heterocycles. The van der Waals surface area contributed by atoms with E-state index in [9.17, 15) is 5.11 Å². The van der Waals surface area contributed by atoms with Crippen molar-refractivity contribution in [2.45, 2.75) is 6.42 Å². The van der Waals surface area contributed by atoms with Crippen molar-refractivity contribution in [2.75, 3.05) is 20.5 Å². The van der Waals surface area contributed by atoms with Crippen LogP contribution < -0.4 is 0 Å². The minimum atomic E-state index is -0.0431. The molecule has 0 radical (unpaired) electrons. The van der Waals surface area contributed by atoms with E-state index >= 15 is 0 Å². The lowest BCUT2D eigenvalue weighted by atomic mass is 10.1. The van der Waals surface area contributed by atoms with Crippen molar-refractivity contribution < 1.29 is 14.6 Å². The minimum Gasteiger partial charge on any atom is -0.502 e. The van der Waals surface area contributed by atoms with E-state index in [0.717, 1.165) is 5.57 Å². The normalized spacial score (nSPS) is 15.5. The molecule has 5 heteroatoms. The minimum absolute atomic E-state index is 0.0431. The fourth-order valence-electron chi connectivity index (χ4n) is 1.52. The quantitative estimate of drug-likeness (QED) is 0.606. The van der Waals surface area contributed by atoms with Crippen molar-refractivity contribution >= 4 is 16.8 Å². The van der Waals surface area contributed by atoms with E-state index < -0.39 is 0 Å². The van der Waals surface area contributed by atoms with E-state index in [4.69, 9.17) is 14.9 Å². The van der Waals surface area contributed by atoms with Crippen LogP contribution in [0.1, 0.15) is 6.42 Å². The van der Waals surface area contributed by atoms with Crippen LogP contribution in [0.4, 0.5) is 0 Å². The molecule has 0 amide bonds. The molecule has 0 bridgehead atoms. The fraction of sp³-hybridized carbons (Fsp3) is 0.308. The molecule has 4 nitrogen and oxygen atoms in total. The molecule has 0 heterocycles. The van der Waals surface area contributed by atoms with Gasteiger partial charge in [0.2, 0.25) is 0 Å². The van der Waals surface area contributed by atoms with Gasteiger partial charge in [-0.1, -0.05) is 6.58 Å². The molecule has 1 aliphatic rings. The summed E-state index contributed by atoms with van der Waals surface area (Å²) in [4.78, 5) is 0. The Balaban J connectivity index is 3.15. The van der Waals surface area contributed by atoms with Crippen LogP contribution in [0.2, 0.25) is 0 Å². The van der Waals surface area contributed by atoms with Crippen molar-refractivity contribution in [1.82, 2.24) is 0 Å². The third kappa shape index (κ3) is 2.98. The Morgan fingerprint density at radius 3 is 2.61 bits per heavy atom. The Hall–Kier alpha value is -1.62. The van der Waals surface area contributed by atoms with Crippen LogP contribution in [0.3, 0.4) is 0 Å². The molecule has 18 heavy (non-hydrogen) atoms. The Labute approximate surface area is 111 Å². The molecule has 0 aromatic heterocycles. The molecule has 0 unspecified atom stereocenters. The Kier molecular flexibility index (Phi) is 5.09. The van der Waals surface area contributed by atoms with Gasteiger partial charge in [-0.05, 0) is 30.4 Å². The summed E-state index contributed by atoms with van der Waals surface area (Å²) in [6, 6.07) is 0. The van der Waals surface area contributed by atoms with E-state index in [1.165, 1.54) is 26.0 Å². The highest BCUT2D eigenvalue weighted by molar-refractivity contribution is 8.13. The van der Waals surface area contributed by atoms with Crippen molar-refractivity contribution in [2.24, 2.45) is 0 Å². The van der Waals surface area contributed by atoms with Gasteiger partial charge in [0.15, 0.2) is 17.3 Å². The molecule has 1 aliphatic carbocycles. The van der Waals surface area contributed by atoms with Gasteiger partial charge in [0.25, 0.3) is 0 Å². The second-order valence-electron chi connectivity index (χ2n) is 3.57. The lowest BCUT2D eigenvalue weighted by Gasteiger charge is -2.08. The third-order valence-electron chi connectivity index (χ3n) is 2.59. The van der Waals surface area contributed by atoms with E-state index in [1.54, 1.807) is 12.2 Å². The van der Waals surface area contributed by atoms with Crippen molar-refractivity contribution in [1.29, 1.82) is 5.41 Å². The van der Waals surface area contributed by atoms with Crippen LogP contribution in [-0.2, 0) is 9.47 Å². The molecule has 0 atom stereocenters. The molecule has 0 spiro atoms. The van der Waals surface area contributed by atoms with E-state index in [-0.39, 0.29) is 5.76 Å². The molecule has 98 valence electrons. The smallest absolute Gasteiger partial charge is 0.200 e. The second-order valence-corrected chi connectivity index (χ2v) is 4.39. The maximum atomic E-state index is 9.93. The highest BCUT2D eigenvalue weighted by Gasteiger charge is 2.17. The summed E-state index contributed by atoms with van der Waals surface area (Å²) in [7, 11) is 2.96. The SMILES string of the molecule is C=C(C(=N)SC)C1=CC(OC)=C(O)C(OC)=CC1. The monoisotopic (exact) mass is 267 g/mol. The van der Waals surface area contributed by atoms with Crippen molar-refractivity contribution in [3.05, 3.63) is 47.2 Å². The topological polar surface area (TPSA) is 62.5 Å². The van der Waals surface area contributed by atoms with Crippen LogP contribution in [0.5, 0.6) is 0 Å². The summed E-state index contributed by atoms with van der Waals surface area (Å²) in [5, 5.41) is 18.1. The molecular weight excluding hydrogens is 250 g/mol. The van der Waals surface area contributed by atoms with Gasteiger partial charge in [0, 0.05) is 5.57 Å². The molecule has 0 saturated carbocycles. The average molecular weight is 267 g/mol. The van der Waals surface area contributed by atoms with Gasteiger partial charge in [0.1, 0.15) is 0 Å². The molecule has 0 fully saturated rings. The third-order valence-corrected chi connectivity index (χ3v) is 3.24. The Morgan fingerprint density at radius 2 is 2.11 bits per heavy atom. The summed E-state index contributed by atoms with van der Waals surface area (Å²) in [5.74, 6) is 0.630. The Bertz CT molecular complexity index is 461. The lowest BCUT2D eigenvalue weighted by molar-refractivity contribution is 0.224. The molecule has 0 aliphatic heterocycles. The van der Waals surface area contributed by atoms with Crippen LogP contribution in [0, 0.1) is 5.41 Å². The number of hydrogen-bond donors (Lipinski definition) is 2. The predicted octanol–water partition coefficient (Wildman–Crippen LogP) is 3.16. The number of aliphatic hydroxyl groups is 1. The Morgan fingerprint density at radius 1 is 1.44 bits per heavy atom. The first kappa shape index (κ1) is 14.4. The van der Waals surface area contributed by atoms with Gasteiger partial charge in [0.05, 0.1) is 19.3 Å². The van der Waals surface area contributed by atoms with Crippen molar-refractivity contribution in [3.8, 4) is 0 Å². The zero-order chi connectivity index (χ0) is 13.7. The standard InChI is InChI=1S/C13H17NO3S/c1-8(13(14)18-4)9-5-6-10(16-2)12(15)11(7-9)17-3/h6-7,14-15H,1,5H2,2-4H3. The summed E-state index contributed by atoms with van der Waals surface area (Å²) in [6.45, 7) is 3.89. The number of aliphatic hydroxyl groups excluding tert-OH is 1. The summed E-state index contributed by atoms with van der Waals surface area (Å²) in [5.41, 5.74) is 1.45. The van der Waals surface area contributed by atoms with Crippen LogP contribution in [-0.4, -0.2) is 30.6 Å². The van der Waals surface area contributed by atoms with Gasteiger partial charge in [-0.15, -0.1) is 11.8 Å². The second kappa shape index (κ2) is 6.35. The number of rotatable bonds is 4. The van der Waals surface area contributed by atoms with Crippen LogP contribution >= 0.6 is 11.8 Å². The number of hydrogen-bond acceptors (Lipinski definition) is 5. The molecule has 1 rings (SSSR count). The highest BCUT2D eigenvalue weighted by Crippen LogP contribution is 2.27. The van der Waals surface area contributed by atoms with E-state index in [2.05, 4.69) is 6.58 Å². The van der Waals surface area contributed by atoms with Gasteiger partial charge in [-0.3, -0.25) is 5.41 Å². The molecular formula is C13H17NO3S. The number of nitrogens with one attached hydrogen (secondary N) is 1. The number of thioether (sulfide) groups is 1. The average Bonchev–Trinajstić information content (AvgIpc) is 2.55. The maximum absolute atomic E-state index is 9.93. The first-order chi connectivity index (χ1) is 8.54. The lowest BCUT2D eigenvalue weighted by Crippen LogP contribution is -1.99. The summed E-state index contributed by atoms with van der Waals surface area (Å²) < 4.78 is 10.2. The summed E-state index contributed by atoms with van der Waals surface area (Å²) >= 11 is 1.32. The maximum Gasteiger partial charge on any atom is 0.200 e. The van der Waals surface area contributed by atoms with Gasteiger partial charge < -0.3 is 14.6 Å². The first-order valence-electron chi connectivity index (χ1n) is 5.29. The number of ether oxygens (including phenoxy) is 2. The van der Waals surface area contributed by atoms with E-state index in [0.29, 0.717) is 28.6 Å². The number of methoxy groups -OCH3 is 2. The zero-order valence-electron chi connectivity index (χ0n) is 10.7. The molecule has 0 aromatic rings. The van der Waals surface area contributed by atoms with Gasteiger partial charge in [-0.2, -0.15) is 0 Å². The predicted molar refractivity (Wildman–Crippen MR) is 74.8 cm³/mol. The number of allylic oxidation sites excluding steroid dienone is 3. The van der Waals surface area contributed by atoms with Crippen LogP contribution in [0.15, 0.2) is 47.2 Å². The largest absolute Gasteiger partial charge is 0.502 e. The van der Waals surface area contributed by atoms with Crippen molar-refractivity contribution in [3.63, 3.8) is 0 Å².